The van der Waals surface area contributed by atoms with Crippen LogP contribution in [-0.4, -0.2) is 62.8 Å². The molecule has 0 aromatic rings. The molecule has 6 heteroatoms. The fourth-order valence-electron chi connectivity index (χ4n) is 2.70. The number of piperidine rings is 1. The number of ether oxygens (including phenoxy) is 1. The number of guanidine groups is 1. The van der Waals surface area contributed by atoms with Gasteiger partial charge in [-0.2, -0.15) is 0 Å². The van der Waals surface area contributed by atoms with Gasteiger partial charge in [0, 0.05) is 32.3 Å². The van der Waals surface area contributed by atoms with Gasteiger partial charge in [-0.25, -0.2) is 0 Å². The second kappa shape index (κ2) is 15.4. The maximum Gasteiger partial charge on any atom is 0.191 e. The molecule has 0 aliphatic carbocycles. The summed E-state index contributed by atoms with van der Waals surface area (Å²) in [6.45, 7) is 13.4. The monoisotopic (exact) mass is 440 g/mol. The molecule has 0 radical (unpaired) electrons. The highest BCUT2D eigenvalue weighted by Crippen LogP contribution is 2.10. The average molecular weight is 440 g/mol. The van der Waals surface area contributed by atoms with Crippen LogP contribution < -0.4 is 10.6 Å². The van der Waals surface area contributed by atoms with Crippen LogP contribution >= 0.6 is 24.0 Å². The Labute approximate surface area is 160 Å². The van der Waals surface area contributed by atoms with Gasteiger partial charge in [0.05, 0.1) is 13.2 Å². The lowest BCUT2D eigenvalue weighted by Gasteiger charge is -2.32. The van der Waals surface area contributed by atoms with Gasteiger partial charge in [-0.05, 0) is 39.2 Å². The van der Waals surface area contributed by atoms with Crippen molar-refractivity contribution in [2.75, 3.05) is 45.9 Å². The predicted octanol–water partition coefficient (Wildman–Crippen LogP) is 2.85. The molecule has 0 saturated carbocycles. The van der Waals surface area contributed by atoms with E-state index < -0.39 is 0 Å². The normalized spacial score (nSPS) is 16.9. The highest BCUT2D eigenvalue weighted by molar-refractivity contribution is 14.0. The van der Waals surface area contributed by atoms with E-state index in [4.69, 9.17) is 4.74 Å². The third-order valence-electron chi connectivity index (χ3n) is 3.96. The Morgan fingerprint density at radius 2 is 1.87 bits per heavy atom. The SMILES string of the molecule is CCCCOCCN=C(NCC)NC1CCN(CCC)CC1.I. The maximum absolute atomic E-state index is 5.56. The first-order valence-electron chi connectivity index (χ1n) is 9.15. The number of nitrogens with zero attached hydrogens (tertiary/aromatic N) is 2. The highest BCUT2D eigenvalue weighted by Gasteiger charge is 2.19. The molecule has 1 saturated heterocycles. The van der Waals surface area contributed by atoms with Crippen molar-refractivity contribution in [2.45, 2.75) is 58.9 Å². The molecular formula is C17H37IN4O. The zero-order valence-electron chi connectivity index (χ0n) is 15.3. The average Bonchev–Trinajstić information content (AvgIpc) is 2.53. The second-order valence-electron chi connectivity index (χ2n) is 5.99. The lowest BCUT2D eigenvalue weighted by atomic mass is 10.1. The van der Waals surface area contributed by atoms with Gasteiger partial charge in [0.2, 0.25) is 0 Å². The first-order valence-corrected chi connectivity index (χ1v) is 9.15. The van der Waals surface area contributed by atoms with Crippen molar-refractivity contribution in [3.8, 4) is 0 Å². The molecule has 1 aliphatic rings. The standard InChI is InChI=1S/C17H36N4O.HI/c1-4-7-14-22-15-10-19-17(18-6-3)20-16-8-12-21(11-5-2)13-9-16;/h16H,4-15H2,1-3H3,(H2,18,19,20);1H. The van der Waals surface area contributed by atoms with E-state index in [0.29, 0.717) is 12.6 Å². The summed E-state index contributed by atoms with van der Waals surface area (Å²) in [5, 5.41) is 6.92. The number of halogens is 1. The zero-order chi connectivity index (χ0) is 16.0. The van der Waals surface area contributed by atoms with Crippen LogP contribution in [0.3, 0.4) is 0 Å². The number of aliphatic imine (C=N–C) groups is 1. The van der Waals surface area contributed by atoms with Crippen molar-refractivity contribution in [2.24, 2.45) is 4.99 Å². The highest BCUT2D eigenvalue weighted by atomic mass is 127. The Hall–Kier alpha value is -0.0800. The molecule has 1 fully saturated rings. The van der Waals surface area contributed by atoms with Crippen LogP contribution in [0, 0.1) is 0 Å². The van der Waals surface area contributed by atoms with Crippen LogP contribution in [0.2, 0.25) is 0 Å². The quantitative estimate of drug-likeness (QED) is 0.238. The van der Waals surface area contributed by atoms with E-state index in [9.17, 15) is 0 Å². The summed E-state index contributed by atoms with van der Waals surface area (Å²) < 4.78 is 5.56. The number of nitrogens with one attached hydrogen (secondary N) is 2. The third kappa shape index (κ3) is 11.2. The lowest BCUT2D eigenvalue weighted by Crippen LogP contribution is -2.48. The third-order valence-corrected chi connectivity index (χ3v) is 3.96. The molecule has 0 aromatic heterocycles. The maximum atomic E-state index is 5.56. The van der Waals surface area contributed by atoms with Crippen LogP contribution in [0.15, 0.2) is 4.99 Å². The molecule has 1 heterocycles. The minimum absolute atomic E-state index is 0. The summed E-state index contributed by atoms with van der Waals surface area (Å²) in [7, 11) is 0. The summed E-state index contributed by atoms with van der Waals surface area (Å²) in [5.74, 6) is 0.940. The first-order chi connectivity index (χ1) is 10.8. The molecule has 0 amide bonds. The molecule has 1 aliphatic heterocycles. The minimum atomic E-state index is 0. The number of unbranched alkanes of at least 4 members (excludes halogenated alkanes) is 1. The van der Waals surface area contributed by atoms with E-state index in [2.05, 4.69) is 41.3 Å². The van der Waals surface area contributed by atoms with Crippen LogP contribution in [-0.2, 0) is 4.74 Å². The molecule has 23 heavy (non-hydrogen) atoms. The summed E-state index contributed by atoms with van der Waals surface area (Å²) in [5.41, 5.74) is 0. The molecule has 0 spiro atoms. The molecule has 2 N–H and O–H groups in total. The van der Waals surface area contributed by atoms with Gasteiger partial charge in [0.1, 0.15) is 0 Å². The van der Waals surface area contributed by atoms with Gasteiger partial charge < -0.3 is 20.3 Å². The second-order valence-corrected chi connectivity index (χ2v) is 5.99. The van der Waals surface area contributed by atoms with E-state index in [1.807, 2.05) is 0 Å². The number of hydrogen-bond donors (Lipinski definition) is 2. The molecule has 5 nitrogen and oxygen atoms in total. The van der Waals surface area contributed by atoms with Gasteiger partial charge in [-0.15, -0.1) is 24.0 Å². The fraction of sp³-hybridized carbons (Fsp3) is 0.941. The zero-order valence-corrected chi connectivity index (χ0v) is 17.6. The van der Waals surface area contributed by atoms with Crippen molar-refractivity contribution >= 4 is 29.9 Å². The lowest BCUT2D eigenvalue weighted by molar-refractivity contribution is 0.138. The Morgan fingerprint density at radius 1 is 1.13 bits per heavy atom. The van der Waals surface area contributed by atoms with Gasteiger partial charge in [-0.1, -0.05) is 20.3 Å². The summed E-state index contributed by atoms with van der Waals surface area (Å²) >= 11 is 0. The summed E-state index contributed by atoms with van der Waals surface area (Å²) in [6.07, 6.45) is 5.98. The summed E-state index contributed by atoms with van der Waals surface area (Å²) in [6, 6.07) is 0.548. The van der Waals surface area contributed by atoms with E-state index >= 15 is 0 Å². The van der Waals surface area contributed by atoms with Crippen molar-refractivity contribution in [3.63, 3.8) is 0 Å². The van der Waals surface area contributed by atoms with Gasteiger partial charge in [0.25, 0.3) is 0 Å². The molecule has 0 aromatic carbocycles. The topological polar surface area (TPSA) is 48.9 Å². The number of likely N-dealkylation sites (tertiary alicyclic amines) is 1. The molecule has 0 atom stereocenters. The first kappa shape index (κ1) is 22.9. The molecule has 0 unspecified atom stereocenters. The Kier molecular flexibility index (Phi) is 15.4. The van der Waals surface area contributed by atoms with Gasteiger partial charge in [-0.3, -0.25) is 4.99 Å². The molecule has 138 valence electrons. The molecule has 0 bridgehead atoms. The van der Waals surface area contributed by atoms with Crippen LogP contribution in [0.25, 0.3) is 0 Å². The number of rotatable bonds is 10. The smallest absolute Gasteiger partial charge is 0.191 e. The van der Waals surface area contributed by atoms with Crippen molar-refractivity contribution in [3.05, 3.63) is 0 Å². The molecular weight excluding hydrogens is 403 g/mol. The minimum Gasteiger partial charge on any atom is -0.380 e. The summed E-state index contributed by atoms with van der Waals surface area (Å²) in [4.78, 5) is 7.18. The van der Waals surface area contributed by atoms with E-state index in [1.54, 1.807) is 0 Å². The van der Waals surface area contributed by atoms with E-state index in [0.717, 1.165) is 32.1 Å². The van der Waals surface area contributed by atoms with Crippen LogP contribution in [0.4, 0.5) is 0 Å². The largest absolute Gasteiger partial charge is 0.380 e. The fourth-order valence-corrected chi connectivity index (χ4v) is 2.70. The predicted molar refractivity (Wildman–Crippen MR) is 110 cm³/mol. The molecule has 1 rings (SSSR count). The Bertz CT molecular complexity index is 294. The van der Waals surface area contributed by atoms with Gasteiger partial charge >= 0.3 is 0 Å². The van der Waals surface area contributed by atoms with E-state index in [1.165, 1.54) is 45.3 Å². The number of hydrogen-bond acceptors (Lipinski definition) is 3. The Morgan fingerprint density at radius 3 is 2.48 bits per heavy atom. The van der Waals surface area contributed by atoms with Crippen molar-refractivity contribution in [1.29, 1.82) is 0 Å². The van der Waals surface area contributed by atoms with Crippen molar-refractivity contribution in [1.82, 2.24) is 15.5 Å². The van der Waals surface area contributed by atoms with Crippen molar-refractivity contribution < 1.29 is 4.74 Å². The van der Waals surface area contributed by atoms with Crippen LogP contribution in [0.5, 0.6) is 0 Å². The van der Waals surface area contributed by atoms with Crippen LogP contribution in [0.1, 0.15) is 52.9 Å². The Balaban J connectivity index is 0.00000484. The van der Waals surface area contributed by atoms with E-state index in [-0.39, 0.29) is 24.0 Å². The van der Waals surface area contributed by atoms with Gasteiger partial charge in [0.15, 0.2) is 5.96 Å².